The van der Waals surface area contributed by atoms with Gasteiger partial charge in [-0.15, -0.1) is 0 Å². The first-order valence-corrected chi connectivity index (χ1v) is 17.2. The lowest BCUT2D eigenvalue weighted by Crippen LogP contribution is -2.66. The number of fused-ring (bicyclic) bond motifs is 5. The van der Waals surface area contributed by atoms with Gasteiger partial charge in [0.15, 0.2) is 11.4 Å². The van der Waals surface area contributed by atoms with Gasteiger partial charge in [-0.05, 0) is 55.2 Å². The van der Waals surface area contributed by atoms with E-state index in [1.807, 2.05) is 38.2 Å². The average Bonchev–Trinajstić information content (AvgIpc) is 3.42. The lowest BCUT2D eigenvalue weighted by Gasteiger charge is -2.53. The summed E-state index contributed by atoms with van der Waals surface area (Å²) in [6, 6.07) is 0. The number of rotatable bonds is 8. The van der Waals surface area contributed by atoms with E-state index in [2.05, 4.69) is 26.8 Å². The molecule has 2 fully saturated rings. The van der Waals surface area contributed by atoms with Crippen molar-refractivity contribution in [3.8, 4) is 0 Å². The van der Waals surface area contributed by atoms with Crippen molar-refractivity contribution in [3.05, 3.63) is 83.1 Å². The molecular weight excluding hydrogens is 608 g/mol. The van der Waals surface area contributed by atoms with Gasteiger partial charge < -0.3 is 24.8 Å². The molecule has 0 aromatic carbocycles. The third-order valence-electron chi connectivity index (χ3n) is 12.1. The number of ketones is 1. The molecule has 0 radical (unpaired) electrons. The Hall–Kier alpha value is -3.33. The fourth-order valence-corrected chi connectivity index (χ4v) is 9.78. The highest BCUT2D eigenvalue weighted by Gasteiger charge is 2.87. The summed E-state index contributed by atoms with van der Waals surface area (Å²) in [6.07, 6.45) is 20.0. The molecule has 8 atom stereocenters. The zero-order valence-electron chi connectivity index (χ0n) is 29.6. The minimum atomic E-state index is -1.97. The normalized spacial score (nSPS) is 38.5. The van der Waals surface area contributed by atoms with Crippen molar-refractivity contribution in [1.29, 1.82) is 0 Å². The molecule has 5 aliphatic carbocycles. The van der Waals surface area contributed by atoms with Crippen molar-refractivity contribution in [3.63, 3.8) is 0 Å². The van der Waals surface area contributed by atoms with Crippen molar-refractivity contribution in [2.45, 2.75) is 104 Å². The van der Waals surface area contributed by atoms with E-state index in [4.69, 9.17) is 9.47 Å². The van der Waals surface area contributed by atoms with Gasteiger partial charge in [0.05, 0.1) is 12.2 Å². The van der Waals surface area contributed by atoms with Gasteiger partial charge in [0.1, 0.15) is 11.7 Å². The predicted molar refractivity (Wildman–Crippen MR) is 183 cm³/mol. The van der Waals surface area contributed by atoms with Crippen LogP contribution in [0.5, 0.6) is 0 Å². The van der Waals surface area contributed by atoms with Crippen molar-refractivity contribution in [2.75, 3.05) is 6.61 Å². The van der Waals surface area contributed by atoms with E-state index >= 15 is 0 Å². The molecule has 0 spiro atoms. The highest BCUT2D eigenvalue weighted by Crippen LogP contribution is 2.77. The Balaban J connectivity index is 1.40. The maximum atomic E-state index is 13.3. The zero-order chi connectivity index (χ0) is 35.4. The van der Waals surface area contributed by atoms with Gasteiger partial charge in [-0.3, -0.25) is 9.59 Å². The van der Waals surface area contributed by atoms with Gasteiger partial charge >= 0.3 is 11.9 Å². The number of aliphatic hydroxyl groups is 3. The van der Waals surface area contributed by atoms with E-state index in [0.717, 1.165) is 6.42 Å². The van der Waals surface area contributed by atoms with Crippen molar-refractivity contribution < 1.29 is 39.2 Å². The highest BCUT2D eigenvalue weighted by atomic mass is 16.6. The van der Waals surface area contributed by atoms with E-state index in [9.17, 15) is 29.7 Å². The minimum Gasteiger partial charge on any atom is -0.455 e. The second-order valence-electron chi connectivity index (χ2n) is 15.8. The number of esters is 2. The molecule has 8 heteroatoms. The molecule has 1 unspecified atom stereocenters. The summed E-state index contributed by atoms with van der Waals surface area (Å²) < 4.78 is 12.2. The molecule has 0 bridgehead atoms. The number of carbonyl (C=O) groups is 3. The number of hydrogen-bond donors (Lipinski definition) is 3. The molecule has 0 amide bonds. The fourth-order valence-electron chi connectivity index (χ4n) is 9.78. The van der Waals surface area contributed by atoms with Crippen LogP contribution in [0.4, 0.5) is 0 Å². The lowest BCUT2D eigenvalue weighted by molar-refractivity contribution is -0.226. The summed E-state index contributed by atoms with van der Waals surface area (Å²) >= 11 is 0. The second-order valence-corrected chi connectivity index (χ2v) is 15.8. The monoisotopic (exact) mass is 660 g/mol. The van der Waals surface area contributed by atoms with Crippen LogP contribution < -0.4 is 0 Å². The third kappa shape index (κ3) is 5.54. The van der Waals surface area contributed by atoms with Crippen LogP contribution in [0.1, 0.15) is 81.1 Å². The Morgan fingerprint density at radius 1 is 1.00 bits per heavy atom. The first kappa shape index (κ1) is 36.0. The molecule has 260 valence electrons. The van der Waals surface area contributed by atoms with Gasteiger partial charge in [-0.25, -0.2) is 4.79 Å². The molecular formula is C40H52O8. The first-order valence-electron chi connectivity index (χ1n) is 17.2. The van der Waals surface area contributed by atoms with Crippen molar-refractivity contribution in [2.24, 2.45) is 34.5 Å². The summed E-state index contributed by atoms with van der Waals surface area (Å²) in [5.41, 5.74) is -2.03. The van der Waals surface area contributed by atoms with E-state index in [0.29, 0.717) is 11.1 Å². The Morgan fingerprint density at radius 2 is 1.65 bits per heavy atom. The molecule has 0 aliphatic heterocycles. The molecule has 2 saturated carbocycles. The summed E-state index contributed by atoms with van der Waals surface area (Å²) in [6.45, 7) is 14.8. The quantitative estimate of drug-likeness (QED) is 0.129. The van der Waals surface area contributed by atoms with Crippen molar-refractivity contribution in [1.82, 2.24) is 0 Å². The number of carbonyl (C=O) groups excluding carboxylic acids is 3. The van der Waals surface area contributed by atoms with Gasteiger partial charge in [-0.2, -0.15) is 0 Å². The smallest absolute Gasteiger partial charge is 0.331 e. The minimum absolute atomic E-state index is 0.140. The van der Waals surface area contributed by atoms with Gasteiger partial charge in [0.25, 0.3) is 0 Å². The maximum Gasteiger partial charge on any atom is 0.331 e. The average molecular weight is 661 g/mol. The van der Waals surface area contributed by atoms with Crippen LogP contribution in [0.2, 0.25) is 0 Å². The van der Waals surface area contributed by atoms with E-state index in [1.165, 1.54) is 37.0 Å². The molecule has 5 rings (SSSR count). The summed E-state index contributed by atoms with van der Waals surface area (Å²) in [5.74, 6) is -4.88. The van der Waals surface area contributed by atoms with E-state index < -0.39 is 76.3 Å². The van der Waals surface area contributed by atoms with E-state index in [-0.39, 0.29) is 11.8 Å². The lowest BCUT2D eigenvalue weighted by atomic mass is 9.59. The highest BCUT2D eigenvalue weighted by molar-refractivity contribution is 6.04. The van der Waals surface area contributed by atoms with Crippen molar-refractivity contribution >= 4 is 17.7 Å². The number of aliphatic hydroxyl groups excluding tert-OH is 1. The van der Waals surface area contributed by atoms with Gasteiger partial charge in [0.2, 0.25) is 0 Å². The topological polar surface area (TPSA) is 130 Å². The second kappa shape index (κ2) is 12.5. The SMILES string of the molecule is CC(=O)O[C@@]12C(OC(=O)/C=C/C=C/C=C/C=C/C3=C(C)CCCC3(C)C)[C@@H](C)[C@@]3(O)[C@@H](C=C(CO)C[C@]4(O)C(=O)C(C)=C[C@@H]34)[C@H]1C2(C)C. The van der Waals surface area contributed by atoms with Crippen LogP contribution in [0.15, 0.2) is 83.1 Å². The third-order valence-corrected chi connectivity index (χ3v) is 12.1. The Morgan fingerprint density at radius 3 is 2.27 bits per heavy atom. The molecule has 8 nitrogen and oxygen atoms in total. The molecule has 3 N–H and O–H groups in total. The summed E-state index contributed by atoms with van der Waals surface area (Å²) in [7, 11) is 0. The first-order chi connectivity index (χ1) is 22.4. The predicted octanol–water partition coefficient (Wildman–Crippen LogP) is 5.80. The Kier molecular flexibility index (Phi) is 9.39. The molecule has 0 aromatic heterocycles. The van der Waals surface area contributed by atoms with Crippen LogP contribution in [-0.4, -0.2) is 62.6 Å². The standard InChI is InChI=1S/C40H52O8/c1-24-16-15-19-36(5,6)29(24)17-13-11-9-10-12-14-18-32(43)47-35-26(3)39(46)30(33-37(7,8)40(33,35)48-27(4)42)21-28(23-41)22-38(45)31(39)20-25(2)34(38)44/h9-14,17-18,20-21,26,30-31,33,35,41,45-46H,15-16,19,22-23H2,1-8H3/b11-9+,12-10+,17-13+,18-14+/t26-,30+,31-,33+,35?,38-,39-,40-/m1/s1. The van der Waals surface area contributed by atoms with Gasteiger partial charge in [-0.1, -0.05) is 94.9 Å². The van der Waals surface area contributed by atoms with Gasteiger partial charge in [0, 0.05) is 48.5 Å². The Labute approximate surface area is 284 Å². The van der Waals surface area contributed by atoms with Crippen LogP contribution in [0.3, 0.4) is 0 Å². The maximum absolute atomic E-state index is 13.3. The number of allylic oxidation sites excluding steroid dienone is 9. The molecule has 0 aromatic rings. The van der Waals surface area contributed by atoms with Crippen LogP contribution in [-0.2, 0) is 23.9 Å². The molecule has 0 heterocycles. The zero-order valence-corrected chi connectivity index (χ0v) is 29.6. The Bertz CT molecular complexity index is 1580. The van der Waals surface area contributed by atoms with Crippen LogP contribution in [0, 0.1) is 34.5 Å². The van der Waals surface area contributed by atoms with Crippen LogP contribution in [0.25, 0.3) is 0 Å². The fraction of sp³-hybridized carbons (Fsp3) is 0.575. The summed E-state index contributed by atoms with van der Waals surface area (Å²) in [5, 5.41) is 34.8. The molecule has 0 saturated heterocycles. The number of Topliss-reactive ketones (excluding diaryl/α,β-unsaturated/α-hetero) is 1. The van der Waals surface area contributed by atoms with Crippen LogP contribution >= 0.6 is 0 Å². The molecule has 5 aliphatic rings. The summed E-state index contributed by atoms with van der Waals surface area (Å²) in [4.78, 5) is 39.2. The largest absolute Gasteiger partial charge is 0.455 e. The molecule has 48 heavy (non-hydrogen) atoms. The number of ether oxygens (including phenoxy) is 2. The number of hydrogen-bond acceptors (Lipinski definition) is 8. The van der Waals surface area contributed by atoms with E-state index in [1.54, 1.807) is 38.2 Å².